The first-order valence-electron chi connectivity index (χ1n) is 8.94. The maximum Gasteiger partial charge on any atom is 0.329 e. The van der Waals surface area contributed by atoms with Gasteiger partial charge in [-0.2, -0.15) is 10.5 Å². The second-order valence-corrected chi connectivity index (χ2v) is 6.30. The van der Waals surface area contributed by atoms with Crippen molar-refractivity contribution >= 4 is 17.5 Å². The lowest BCUT2D eigenvalue weighted by Crippen LogP contribution is -2.73. The molecule has 0 radical (unpaired) electrons. The van der Waals surface area contributed by atoms with Crippen LogP contribution in [0.4, 0.5) is 17.5 Å². The van der Waals surface area contributed by atoms with Gasteiger partial charge in [0.1, 0.15) is 12.4 Å². The molecule has 2 rings (SSSR count). The summed E-state index contributed by atoms with van der Waals surface area (Å²) in [5.41, 5.74) is 8.62. The van der Waals surface area contributed by atoms with E-state index in [0.717, 1.165) is 42.3 Å². The Hall–Kier alpha value is -3.08. The van der Waals surface area contributed by atoms with E-state index in [4.69, 9.17) is 10.9 Å². The molecule has 0 spiro atoms. The van der Waals surface area contributed by atoms with Gasteiger partial charge in [0.15, 0.2) is 0 Å². The van der Waals surface area contributed by atoms with Crippen molar-refractivity contribution in [2.24, 2.45) is 5.73 Å². The van der Waals surface area contributed by atoms with Gasteiger partial charge in [-0.1, -0.05) is 24.3 Å². The molecule has 28 heavy (non-hydrogen) atoms. The Kier molecular flexibility index (Phi) is 8.28. The van der Waals surface area contributed by atoms with Gasteiger partial charge in [0.25, 0.3) is 0 Å². The fraction of sp³-hybridized carbons (Fsp3) is 0.333. The van der Waals surface area contributed by atoms with Crippen molar-refractivity contribution < 1.29 is 15.6 Å². The van der Waals surface area contributed by atoms with Crippen molar-refractivity contribution in [3.8, 4) is 0 Å². The molecule has 1 fully saturated rings. The topological polar surface area (TPSA) is 156 Å². The van der Waals surface area contributed by atoms with Gasteiger partial charge in [0.2, 0.25) is 11.8 Å². The van der Waals surface area contributed by atoms with Gasteiger partial charge in [-0.15, -0.1) is 0 Å². The van der Waals surface area contributed by atoms with Crippen LogP contribution in [-0.4, -0.2) is 32.7 Å². The van der Waals surface area contributed by atoms with E-state index in [0.29, 0.717) is 6.54 Å². The number of hydroxylamine groups is 1. The van der Waals surface area contributed by atoms with Gasteiger partial charge in [-0.25, -0.2) is 10.2 Å². The molecule has 10 heteroatoms. The van der Waals surface area contributed by atoms with Gasteiger partial charge in [-0.3, -0.25) is 10.1 Å². The Morgan fingerprint density at radius 2 is 2.25 bits per heavy atom. The first-order valence-corrected chi connectivity index (χ1v) is 8.94. The molecule has 10 nitrogen and oxygen atoms in total. The van der Waals surface area contributed by atoms with Gasteiger partial charge in [0.05, 0.1) is 4.92 Å². The molecule has 1 aliphatic carbocycles. The number of nitrogens with zero attached hydrogens (tertiary/aromatic N) is 3. The fourth-order valence-corrected chi connectivity index (χ4v) is 2.64. The number of aromatic nitrogens is 2. The smallest absolute Gasteiger partial charge is 0.329 e. The lowest BCUT2D eigenvalue weighted by Gasteiger charge is -2.20. The zero-order valence-corrected chi connectivity index (χ0v) is 15.5. The SMILES string of the molecule is C=CC(=CC=C[NH2+]O)CNc1ncc([N+](=O)[O-])c(NC=C2CCC(N)CC2)n1. The minimum atomic E-state index is -0.521. The molecule has 150 valence electrons. The van der Waals surface area contributed by atoms with Crippen molar-refractivity contribution in [1.29, 1.82) is 0 Å². The Labute approximate surface area is 163 Å². The normalized spacial score (nSPS) is 17.4. The second kappa shape index (κ2) is 10.9. The monoisotopic (exact) mass is 388 g/mol. The Morgan fingerprint density at radius 1 is 1.50 bits per heavy atom. The van der Waals surface area contributed by atoms with Gasteiger partial charge in [0, 0.05) is 18.8 Å². The minimum absolute atomic E-state index is 0.129. The number of rotatable bonds is 9. The van der Waals surface area contributed by atoms with Crippen LogP contribution in [-0.2, 0) is 0 Å². The van der Waals surface area contributed by atoms with Crippen LogP contribution in [0.2, 0.25) is 0 Å². The number of nitro groups is 1. The number of quaternary nitrogens is 1. The molecule has 0 unspecified atom stereocenters. The molecule has 0 saturated heterocycles. The van der Waals surface area contributed by atoms with E-state index in [1.54, 1.807) is 24.4 Å². The van der Waals surface area contributed by atoms with Crippen LogP contribution in [0, 0.1) is 10.1 Å². The Morgan fingerprint density at radius 3 is 2.89 bits per heavy atom. The maximum absolute atomic E-state index is 11.3. The summed E-state index contributed by atoms with van der Waals surface area (Å²) in [7, 11) is 0. The molecule has 0 bridgehead atoms. The van der Waals surface area contributed by atoms with Gasteiger partial charge >= 0.3 is 5.69 Å². The lowest BCUT2D eigenvalue weighted by atomic mass is 9.92. The number of allylic oxidation sites excluding steroid dienone is 3. The third-order valence-corrected chi connectivity index (χ3v) is 4.27. The van der Waals surface area contributed by atoms with Crippen LogP contribution in [0.1, 0.15) is 25.7 Å². The first-order chi connectivity index (χ1) is 13.5. The molecule has 0 aromatic carbocycles. The van der Waals surface area contributed by atoms with Crippen LogP contribution in [0.25, 0.3) is 0 Å². The Bertz CT molecular complexity index is 779. The average Bonchev–Trinajstić information content (AvgIpc) is 2.70. The average molecular weight is 388 g/mol. The number of nitrogens with two attached hydrogens (primary N) is 2. The molecule has 1 aromatic rings. The van der Waals surface area contributed by atoms with Crippen LogP contribution in [0.3, 0.4) is 0 Å². The van der Waals surface area contributed by atoms with E-state index in [1.165, 1.54) is 12.4 Å². The van der Waals surface area contributed by atoms with E-state index < -0.39 is 4.92 Å². The lowest BCUT2D eigenvalue weighted by molar-refractivity contribution is -0.838. The molecule has 0 atom stereocenters. The van der Waals surface area contributed by atoms with Gasteiger partial charge in [-0.05, 0) is 37.3 Å². The van der Waals surface area contributed by atoms with Crippen LogP contribution < -0.4 is 21.8 Å². The zero-order chi connectivity index (χ0) is 20.4. The summed E-state index contributed by atoms with van der Waals surface area (Å²) in [6.07, 6.45) is 13.0. The molecule has 1 aromatic heterocycles. The summed E-state index contributed by atoms with van der Waals surface area (Å²) >= 11 is 0. The summed E-state index contributed by atoms with van der Waals surface area (Å²) in [6, 6.07) is 0.221. The molecule has 1 saturated carbocycles. The highest BCUT2D eigenvalue weighted by molar-refractivity contribution is 5.58. The Balaban J connectivity index is 2.10. The maximum atomic E-state index is 11.3. The molecule has 1 heterocycles. The van der Waals surface area contributed by atoms with E-state index in [1.807, 2.05) is 0 Å². The zero-order valence-electron chi connectivity index (χ0n) is 15.5. The summed E-state index contributed by atoms with van der Waals surface area (Å²) in [4.78, 5) is 19.0. The second-order valence-electron chi connectivity index (χ2n) is 6.30. The number of hydrogen-bond donors (Lipinski definition) is 5. The quantitative estimate of drug-likeness (QED) is 0.242. The predicted octanol–water partition coefficient (Wildman–Crippen LogP) is 1.57. The number of anilines is 2. The molecule has 0 amide bonds. The van der Waals surface area contributed by atoms with E-state index in [2.05, 4.69) is 27.2 Å². The molecule has 7 N–H and O–H groups in total. The van der Waals surface area contributed by atoms with Crippen LogP contribution >= 0.6 is 0 Å². The summed E-state index contributed by atoms with van der Waals surface area (Å²) in [5.74, 6) is 0.381. The number of nitrogens with one attached hydrogen (secondary N) is 2. The molecular formula is C18H26N7O3+. The highest BCUT2D eigenvalue weighted by Gasteiger charge is 2.18. The van der Waals surface area contributed by atoms with Crippen molar-refractivity contribution in [1.82, 2.24) is 9.97 Å². The highest BCUT2D eigenvalue weighted by Crippen LogP contribution is 2.25. The van der Waals surface area contributed by atoms with Crippen molar-refractivity contribution in [3.05, 3.63) is 64.7 Å². The third kappa shape index (κ3) is 6.58. The van der Waals surface area contributed by atoms with Crippen molar-refractivity contribution in [2.45, 2.75) is 31.7 Å². The number of hydrogen-bond acceptors (Lipinski definition) is 8. The van der Waals surface area contributed by atoms with E-state index in [9.17, 15) is 10.1 Å². The van der Waals surface area contributed by atoms with Crippen LogP contribution in [0.15, 0.2) is 54.5 Å². The molecule has 0 aliphatic heterocycles. The van der Waals surface area contributed by atoms with E-state index >= 15 is 0 Å². The molecule has 1 aliphatic rings. The van der Waals surface area contributed by atoms with Crippen LogP contribution in [0.5, 0.6) is 0 Å². The summed E-state index contributed by atoms with van der Waals surface area (Å²) in [6.45, 7) is 4.09. The van der Waals surface area contributed by atoms with Crippen molar-refractivity contribution in [3.63, 3.8) is 0 Å². The largest absolute Gasteiger partial charge is 0.350 e. The molecular weight excluding hydrogens is 362 g/mol. The summed E-state index contributed by atoms with van der Waals surface area (Å²) in [5, 5.41) is 25.9. The minimum Gasteiger partial charge on any atom is -0.350 e. The van der Waals surface area contributed by atoms with Gasteiger partial charge < -0.3 is 16.4 Å². The highest BCUT2D eigenvalue weighted by atomic mass is 16.6. The van der Waals surface area contributed by atoms with Crippen molar-refractivity contribution in [2.75, 3.05) is 17.2 Å². The van der Waals surface area contributed by atoms with E-state index in [-0.39, 0.29) is 23.5 Å². The summed E-state index contributed by atoms with van der Waals surface area (Å²) < 4.78 is 0. The third-order valence-electron chi connectivity index (χ3n) is 4.27. The standard InChI is InChI=1S/C18H25N7O3/c1-2-13(4-3-9-23-26)10-21-18-22-12-16(25(27)28)17(24-18)20-11-14-5-7-15(19)8-6-14/h2-4,9,11-12,15,23,26H,1,5-8,10,19H2,(H2,20,21,22,24)/p+1. The first kappa shape index (κ1) is 21.2. The fourth-order valence-electron chi connectivity index (χ4n) is 2.64. The predicted molar refractivity (Wildman–Crippen MR) is 106 cm³/mol.